The van der Waals surface area contributed by atoms with Crippen LogP contribution in [0.3, 0.4) is 0 Å². The van der Waals surface area contributed by atoms with Gasteiger partial charge in [0.05, 0.1) is 6.61 Å². The van der Waals surface area contributed by atoms with Crippen LogP contribution in [0.25, 0.3) is 0 Å². The van der Waals surface area contributed by atoms with Gasteiger partial charge in [-0.15, -0.1) is 0 Å². The van der Waals surface area contributed by atoms with Crippen molar-refractivity contribution in [3.05, 3.63) is 0 Å². The van der Waals surface area contributed by atoms with Crippen molar-refractivity contribution in [1.29, 1.82) is 0 Å². The second-order valence-corrected chi connectivity index (χ2v) is 5.34. The Morgan fingerprint density at radius 1 is 1.14 bits per heavy atom. The summed E-state index contributed by atoms with van der Waals surface area (Å²) in [6, 6.07) is 0.301. The maximum absolute atomic E-state index is 5.72. The van der Waals surface area contributed by atoms with Gasteiger partial charge < -0.3 is 20.3 Å². The van der Waals surface area contributed by atoms with E-state index in [4.69, 9.17) is 10.5 Å². The van der Waals surface area contributed by atoms with E-state index in [9.17, 15) is 0 Å². The molecule has 21 heavy (non-hydrogen) atoms. The second kappa shape index (κ2) is 7.37. The second-order valence-electron chi connectivity index (χ2n) is 5.34. The van der Waals surface area contributed by atoms with Crippen LogP contribution in [0.1, 0.15) is 6.92 Å². The highest BCUT2D eigenvalue weighted by molar-refractivity contribution is 5.36. The van der Waals surface area contributed by atoms with Crippen LogP contribution in [0.2, 0.25) is 0 Å². The number of aromatic nitrogens is 3. The summed E-state index contributed by atoms with van der Waals surface area (Å²) in [7, 11) is 4.19. The number of nitrogens with two attached hydrogens (primary N) is 1. The van der Waals surface area contributed by atoms with Gasteiger partial charge in [-0.3, -0.25) is 4.90 Å². The molecule has 8 nitrogen and oxygen atoms in total. The lowest BCUT2D eigenvalue weighted by atomic mass is 10.3. The molecule has 118 valence electrons. The van der Waals surface area contributed by atoms with Crippen LogP contribution in [-0.2, 0) is 0 Å². The zero-order valence-electron chi connectivity index (χ0n) is 13.1. The number of likely N-dealkylation sites (N-methyl/N-ethyl adjacent to an activating group) is 1. The van der Waals surface area contributed by atoms with Gasteiger partial charge >= 0.3 is 6.01 Å². The molecule has 1 aliphatic heterocycles. The third-order valence-electron chi connectivity index (χ3n) is 3.41. The molecular formula is C13H25N7O. The highest BCUT2D eigenvalue weighted by Gasteiger charge is 2.20. The van der Waals surface area contributed by atoms with E-state index in [2.05, 4.69) is 43.7 Å². The zero-order valence-corrected chi connectivity index (χ0v) is 13.1. The van der Waals surface area contributed by atoms with E-state index in [1.807, 2.05) is 6.92 Å². The van der Waals surface area contributed by atoms with E-state index < -0.39 is 0 Å². The topological polar surface area (TPSA) is 83.6 Å². The fourth-order valence-electron chi connectivity index (χ4n) is 2.21. The van der Waals surface area contributed by atoms with Gasteiger partial charge in [-0.2, -0.15) is 15.0 Å². The fourth-order valence-corrected chi connectivity index (χ4v) is 2.21. The van der Waals surface area contributed by atoms with Crippen molar-refractivity contribution < 1.29 is 4.74 Å². The van der Waals surface area contributed by atoms with Crippen LogP contribution in [-0.4, -0.2) is 84.7 Å². The molecule has 1 fully saturated rings. The molecule has 2 heterocycles. The van der Waals surface area contributed by atoms with Crippen LogP contribution in [0.15, 0.2) is 0 Å². The van der Waals surface area contributed by atoms with Crippen LogP contribution in [0, 0.1) is 0 Å². The molecule has 2 rings (SSSR count). The van der Waals surface area contributed by atoms with Gasteiger partial charge in [0.2, 0.25) is 11.9 Å². The molecule has 2 N–H and O–H groups in total. The van der Waals surface area contributed by atoms with E-state index in [1.54, 1.807) is 0 Å². The van der Waals surface area contributed by atoms with E-state index in [-0.39, 0.29) is 5.95 Å². The molecule has 0 aromatic carbocycles. The summed E-state index contributed by atoms with van der Waals surface area (Å²) >= 11 is 0. The molecule has 0 unspecified atom stereocenters. The van der Waals surface area contributed by atoms with Crippen molar-refractivity contribution in [3.63, 3.8) is 0 Å². The van der Waals surface area contributed by atoms with Crippen LogP contribution in [0.5, 0.6) is 6.01 Å². The van der Waals surface area contributed by atoms with Crippen molar-refractivity contribution >= 4 is 11.9 Å². The number of piperazine rings is 1. The van der Waals surface area contributed by atoms with Crippen LogP contribution in [0.4, 0.5) is 11.9 Å². The Balaban J connectivity index is 1.92. The molecule has 0 atom stereocenters. The standard InChI is InChI=1S/C13H25N7O/c1-4-21-13-16-11(14)15-12(17-13)20-9-7-19(8-10-20)6-5-18(2)3/h4-10H2,1-3H3,(H2,14,15,16,17). The zero-order chi connectivity index (χ0) is 15.2. The average molecular weight is 295 g/mol. The molecule has 0 bridgehead atoms. The summed E-state index contributed by atoms with van der Waals surface area (Å²) in [5.41, 5.74) is 5.72. The SMILES string of the molecule is CCOc1nc(N)nc(N2CCN(CCN(C)C)CC2)n1. The molecule has 1 aromatic rings. The number of hydrogen-bond acceptors (Lipinski definition) is 8. The highest BCUT2D eigenvalue weighted by atomic mass is 16.5. The van der Waals surface area contributed by atoms with Gasteiger partial charge in [-0.1, -0.05) is 0 Å². The Bertz CT molecular complexity index is 446. The van der Waals surface area contributed by atoms with Gasteiger partial charge in [-0.05, 0) is 21.0 Å². The number of rotatable bonds is 6. The van der Waals surface area contributed by atoms with Gasteiger partial charge in [-0.25, -0.2) is 0 Å². The molecule has 1 aliphatic rings. The summed E-state index contributed by atoms with van der Waals surface area (Å²) in [6.07, 6.45) is 0. The number of nitrogens with zero attached hydrogens (tertiary/aromatic N) is 6. The number of ether oxygens (including phenoxy) is 1. The van der Waals surface area contributed by atoms with Gasteiger partial charge in [0.1, 0.15) is 0 Å². The minimum Gasteiger partial charge on any atom is -0.464 e. The summed E-state index contributed by atoms with van der Waals surface area (Å²) in [5, 5.41) is 0. The summed E-state index contributed by atoms with van der Waals surface area (Å²) < 4.78 is 5.32. The molecule has 0 amide bonds. The first-order valence-corrected chi connectivity index (χ1v) is 7.35. The van der Waals surface area contributed by atoms with E-state index >= 15 is 0 Å². The Labute approximate surface area is 125 Å². The van der Waals surface area contributed by atoms with Crippen LogP contribution < -0.4 is 15.4 Å². The molecular weight excluding hydrogens is 270 g/mol. The van der Waals surface area contributed by atoms with E-state index in [0.717, 1.165) is 39.3 Å². The van der Waals surface area contributed by atoms with Crippen LogP contribution >= 0.6 is 0 Å². The molecule has 8 heteroatoms. The fraction of sp³-hybridized carbons (Fsp3) is 0.769. The lowest BCUT2D eigenvalue weighted by molar-refractivity contribution is 0.228. The third-order valence-corrected chi connectivity index (χ3v) is 3.41. The lowest BCUT2D eigenvalue weighted by Gasteiger charge is -2.35. The molecule has 0 radical (unpaired) electrons. The Morgan fingerprint density at radius 3 is 2.48 bits per heavy atom. The first-order chi connectivity index (χ1) is 10.1. The van der Waals surface area contributed by atoms with Gasteiger partial charge in [0.15, 0.2) is 0 Å². The number of nitrogen functional groups attached to an aromatic ring is 1. The molecule has 0 spiro atoms. The number of anilines is 2. The lowest BCUT2D eigenvalue weighted by Crippen LogP contribution is -2.48. The molecule has 0 saturated carbocycles. The smallest absolute Gasteiger partial charge is 0.323 e. The number of hydrogen-bond donors (Lipinski definition) is 1. The van der Waals surface area contributed by atoms with Crippen molar-refractivity contribution in [2.24, 2.45) is 0 Å². The monoisotopic (exact) mass is 295 g/mol. The van der Waals surface area contributed by atoms with E-state index in [0.29, 0.717) is 18.6 Å². The maximum Gasteiger partial charge on any atom is 0.323 e. The quantitative estimate of drug-likeness (QED) is 0.754. The average Bonchev–Trinajstić information content (AvgIpc) is 2.45. The molecule has 1 aromatic heterocycles. The Hall–Kier alpha value is -1.67. The first-order valence-electron chi connectivity index (χ1n) is 7.35. The van der Waals surface area contributed by atoms with Gasteiger partial charge in [0.25, 0.3) is 0 Å². The van der Waals surface area contributed by atoms with E-state index in [1.165, 1.54) is 0 Å². The minimum absolute atomic E-state index is 0.207. The predicted octanol–water partition coefficient (Wildman–Crippen LogP) is -0.464. The largest absolute Gasteiger partial charge is 0.464 e. The van der Waals surface area contributed by atoms with Crippen molar-refractivity contribution in [1.82, 2.24) is 24.8 Å². The summed E-state index contributed by atoms with van der Waals surface area (Å²) in [6.45, 7) is 8.36. The first kappa shape index (κ1) is 15.7. The minimum atomic E-state index is 0.207. The Morgan fingerprint density at radius 2 is 1.86 bits per heavy atom. The van der Waals surface area contributed by atoms with Gasteiger partial charge in [0, 0.05) is 39.3 Å². The van der Waals surface area contributed by atoms with Crippen molar-refractivity contribution in [2.75, 3.05) is 70.6 Å². The normalized spacial score (nSPS) is 16.5. The van der Waals surface area contributed by atoms with Crippen molar-refractivity contribution in [3.8, 4) is 6.01 Å². The summed E-state index contributed by atoms with van der Waals surface area (Å²) in [5.74, 6) is 0.816. The maximum atomic E-state index is 5.72. The predicted molar refractivity (Wildman–Crippen MR) is 82.6 cm³/mol. The molecule has 1 saturated heterocycles. The molecule has 0 aliphatic carbocycles. The third kappa shape index (κ3) is 4.68. The van der Waals surface area contributed by atoms with Crippen molar-refractivity contribution in [2.45, 2.75) is 6.92 Å². The highest BCUT2D eigenvalue weighted by Crippen LogP contribution is 2.15. The Kier molecular flexibility index (Phi) is 5.51. The summed E-state index contributed by atoms with van der Waals surface area (Å²) in [4.78, 5) is 19.3.